The summed E-state index contributed by atoms with van der Waals surface area (Å²) in [4.78, 5) is 14.9. The number of carbonyl (C=O) groups excluding carboxylic acids is 1. The maximum absolute atomic E-state index is 13.0. The van der Waals surface area contributed by atoms with E-state index >= 15 is 0 Å². The van der Waals surface area contributed by atoms with E-state index in [0.717, 1.165) is 53.5 Å². The number of aryl methyl sites for hydroxylation is 2. The van der Waals surface area contributed by atoms with Gasteiger partial charge in [-0.15, -0.1) is 10.2 Å². The molecular formula is C24H27N7O. The summed E-state index contributed by atoms with van der Waals surface area (Å²) >= 11 is 0. The van der Waals surface area contributed by atoms with Crippen molar-refractivity contribution in [2.45, 2.75) is 39.2 Å². The van der Waals surface area contributed by atoms with Crippen molar-refractivity contribution in [3.8, 4) is 0 Å². The molecule has 8 heteroatoms. The van der Waals surface area contributed by atoms with Crippen LogP contribution < -0.4 is 5.32 Å². The quantitative estimate of drug-likeness (QED) is 0.532. The standard InChI is InChI=1S/C24H27N7O/c1-17-13-18(2)31(28-17)15-19-7-5-9-21(14-19)25-24(32)29-11-6-8-20(16-29)23-27-26-22-10-3-4-12-30(22)23/h3-5,7,9-10,12-14,20H,6,8,11,15-16H2,1-2H3,(H,25,32). The Kier molecular flexibility index (Phi) is 5.34. The van der Waals surface area contributed by atoms with Gasteiger partial charge < -0.3 is 10.2 Å². The fourth-order valence-electron chi connectivity index (χ4n) is 4.47. The Hall–Kier alpha value is -3.68. The summed E-state index contributed by atoms with van der Waals surface area (Å²) in [5.74, 6) is 1.09. The van der Waals surface area contributed by atoms with E-state index in [4.69, 9.17) is 0 Å². The molecule has 8 nitrogen and oxygen atoms in total. The first kappa shape index (κ1) is 20.2. The highest BCUT2D eigenvalue weighted by molar-refractivity contribution is 5.89. The molecule has 1 N–H and O–H groups in total. The molecule has 0 bridgehead atoms. The number of hydrogen-bond acceptors (Lipinski definition) is 4. The van der Waals surface area contributed by atoms with E-state index in [2.05, 4.69) is 39.7 Å². The lowest BCUT2D eigenvalue weighted by atomic mass is 9.97. The van der Waals surface area contributed by atoms with Gasteiger partial charge in [0, 0.05) is 36.6 Å². The summed E-state index contributed by atoms with van der Waals surface area (Å²) in [6.07, 6.45) is 3.92. The number of carbonyl (C=O) groups is 1. The molecule has 4 aromatic rings. The molecular weight excluding hydrogens is 402 g/mol. The van der Waals surface area contributed by atoms with Crippen LogP contribution in [0, 0.1) is 13.8 Å². The Morgan fingerprint density at radius 2 is 2.03 bits per heavy atom. The lowest BCUT2D eigenvalue weighted by Crippen LogP contribution is -2.42. The third-order valence-electron chi connectivity index (χ3n) is 6.03. The number of anilines is 1. The summed E-state index contributed by atoms with van der Waals surface area (Å²) in [7, 11) is 0. The highest BCUT2D eigenvalue weighted by Crippen LogP contribution is 2.26. The van der Waals surface area contributed by atoms with Crippen LogP contribution in [0.15, 0.2) is 54.7 Å². The van der Waals surface area contributed by atoms with Crippen LogP contribution in [0.25, 0.3) is 5.65 Å². The minimum Gasteiger partial charge on any atom is -0.324 e. The molecule has 1 aromatic carbocycles. The van der Waals surface area contributed by atoms with E-state index in [-0.39, 0.29) is 11.9 Å². The smallest absolute Gasteiger partial charge is 0.321 e. The fraction of sp³-hybridized carbons (Fsp3) is 0.333. The van der Waals surface area contributed by atoms with E-state index < -0.39 is 0 Å². The first-order valence-corrected chi connectivity index (χ1v) is 11.0. The third-order valence-corrected chi connectivity index (χ3v) is 6.03. The molecule has 1 aliphatic heterocycles. The highest BCUT2D eigenvalue weighted by atomic mass is 16.2. The molecule has 0 spiro atoms. The molecule has 0 radical (unpaired) electrons. The Morgan fingerprint density at radius 3 is 2.88 bits per heavy atom. The zero-order valence-electron chi connectivity index (χ0n) is 18.4. The van der Waals surface area contributed by atoms with Crippen LogP contribution in [-0.4, -0.2) is 48.4 Å². The van der Waals surface area contributed by atoms with Gasteiger partial charge in [-0.05, 0) is 62.6 Å². The molecule has 0 saturated carbocycles. The van der Waals surface area contributed by atoms with Crippen molar-refractivity contribution < 1.29 is 4.79 Å². The second-order valence-corrected chi connectivity index (χ2v) is 8.49. The van der Waals surface area contributed by atoms with Crippen LogP contribution in [0.5, 0.6) is 0 Å². The van der Waals surface area contributed by atoms with Crippen LogP contribution >= 0.6 is 0 Å². The number of benzene rings is 1. The highest BCUT2D eigenvalue weighted by Gasteiger charge is 2.28. The Balaban J connectivity index is 1.27. The summed E-state index contributed by atoms with van der Waals surface area (Å²) in [5.41, 5.74) is 4.86. The zero-order chi connectivity index (χ0) is 22.1. The van der Waals surface area contributed by atoms with Crippen molar-refractivity contribution in [2.24, 2.45) is 0 Å². The molecule has 1 saturated heterocycles. The van der Waals surface area contributed by atoms with Crippen LogP contribution in [-0.2, 0) is 6.54 Å². The number of urea groups is 1. The monoisotopic (exact) mass is 429 g/mol. The van der Waals surface area contributed by atoms with Gasteiger partial charge in [-0.25, -0.2) is 4.79 Å². The average Bonchev–Trinajstić information content (AvgIpc) is 3.36. The van der Waals surface area contributed by atoms with E-state index in [1.165, 1.54) is 0 Å². The first-order chi connectivity index (χ1) is 15.6. The maximum Gasteiger partial charge on any atom is 0.321 e. The van der Waals surface area contributed by atoms with Crippen LogP contribution in [0.3, 0.4) is 0 Å². The Morgan fingerprint density at radius 1 is 1.12 bits per heavy atom. The molecule has 2 amide bonds. The second-order valence-electron chi connectivity index (χ2n) is 8.49. The van der Waals surface area contributed by atoms with Gasteiger partial charge in [-0.2, -0.15) is 5.10 Å². The van der Waals surface area contributed by atoms with Crippen molar-refractivity contribution >= 4 is 17.4 Å². The van der Waals surface area contributed by atoms with E-state index in [1.54, 1.807) is 0 Å². The number of hydrogen-bond donors (Lipinski definition) is 1. The predicted molar refractivity (Wildman–Crippen MR) is 123 cm³/mol. The zero-order valence-corrected chi connectivity index (χ0v) is 18.4. The number of aromatic nitrogens is 5. The number of nitrogens with one attached hydrogen (secondary N) is 1. The molecule has 1 fully saturated rings. The van der Waals surface area contributed by atoms with Crippen LogP contribution in [0.1, 0.15) is 41.5 Å². The number of piperidine rings is 1. The lowest BCUT2D eigenvalue weighted by Gasteiger charge is -2.32. The normalized spacial score (nSPS) is 16.4. The summed E-state index contributed by atoms with van der Waals surface area (Å²) in [6.45, 7) is 6.10. The van der Waals surface area contributed by atoms with E-state index in [1.807, 2.05) is 63.5 Å². The van der Waals surface area contributed by atoms with Crippen molar-refractivity contribution in [1.82, 2.24) is 29.3 Å². The minimum atomic E-state index is -0.0771. The summed E-state index contributed by atoms with van der Waals surface area (Å²) < 4.78 is 4.00. The Bertz CT molecular complexity index is 1260. The average molecular weight is 430 g/mol. The minimum absolute atomic E-state index is 0.0771. The van der Waals surface area contributed by atoms with Gasteiger partial charge in [0.15, 0.2) is 5.65 Å². The summed E-state index contributed by atoms with van der Waals surface area (Å²) in [5, 5.41) is 16.3. The molecule has 1 atom stereocenters. The van der Waals surface area contributed by atoms with Crippen molar-refractivity contribution in [2.75, 3.05) is 18.4 Å². The van der Waals surface area contributed by atoms with E-state index in [0.29, 0.717) is 13.1 Å². The second kappa shape index (κ2) is 8.45. The number of rotatable bonds is 4. The van der Waals surface area contributed by atoms with Gasteiger partial charge in [0.05, 0.1) is 12.2 Å². The molecule has 164 valence electrons. The Labute approximate surface area is 186 Å². The molecule has 1 aliphatic rings. The van der Waals surface area contributed by atoms with Gasteiger partial charge in [0.2, 0.25) is 0 Å². The maximum atomic E-state index is 13.0. The predicted octanol–water partition coefficient (Wildman–Crippen LogP) is 4.00. The van der Waals surface area contributed by atoms with Gasteiger partial charge in [0.25, 0.3) is 0 Å². The largest absolute Gasteiger partial charge is 0.324 e. The molecule has 32 heavy (non-hydrogen) atoms. The third kappa shape index (κ3) is 4.08. The molecule has 4 heterocycles. The number of amides is 2. The fourth-order valence-corrected chi connectivity index (χ4v) is 4.47. The summed E-state index contributed by atoms with van der Waals surface area (Å²) in [6, 6.07) is 15.8. The number of pyridine rings is 1. The van der Waals surface area contributed by atoms with Crippen molar-refractivity contribution in [3.05, 3.63) is 77.5 Å². The van der Waals surface area contributed by atoms with Gasteiger partial charge in [0.1, 0.15) is 5.82 Å². The molecule has 5 rings (SSSR count). The van der Waals surface area contributed by atoms with Crippen LogP contribution in [0.4, 0.5) is 10.5 Å². The molecule has 3 aromatic heterocycles. The number of fused-ring (bicyclic) bond motifs is 1. The van der Waals surface area contributed by atoms with Gasteiger partial charge >= 0.3 is 6.03 Å². The van der Waals surface area contributed by atoms with Crippen molar-refractivity contribution in [3.63, 3.8) is 0 Å². The van der Waals surface area contributed by atoms with Crippen molar-refractivity contribution in [1.29, 1.82) is 0 Å². The lowest BCUT2D eigenvalue weighted by molar-refractivity contribution is 0.191. The molecule has 1 unspecified atom stereocenters. The molecule has 0 aliphatic carbocycles. The van der Waals surface area contributed by atoms with Crippen LogP contribution in [0.2, 0.25) is 0 Å². The van der Waals surface area contributed by atoms with Gasteiger partial charge in [-0.1, -0.05) is 18.2 Å². The number of nitrogens with zero attached hydrogens (tertiary/aromatic N) is 6. The SMILES string of the molecule is Cc1cc(C)n(Cc2cccc(NC(=O)N3CCCC(c4nnc5ccccn45)C3)c2)n1. The first-order valence-electron chi connectivity index (χ1n) is 11.0. The topological polar surface area (TPSA) is 80.4 Å². The van der Waals surface area contributed by atoms with E-state index in [9.17, 15) is 4.79 Å². The van der Waals surface area contributed by atoms with Gasteiger partial charge in [-0.3, -0.25) is 9.08 Å². The number of likely N-dealkylation sites (tertiary alicyclic amines) is 1.